The lowest BCUT2D eigenvalue weighted by molar-refractivity contribution is 0.0702. The van der Waals surface area contributed by atoms with E-state index in [9.17, 15) is 13.2 Å². The fourth-order valence-electron chi connectivity index (χ4n) is 1.74. The summed E-state index contributed by atoms with van der Waals surface area (Å²) < 4.78 is 26.5. The van der Waals surface area contributed by atoms with E-state index in [2.05, 4.69) is 0 Å². The zero-order chi connectivity index (χ0) is 15.9. The Kier molecular flexibility index (Phi) is 4.68. The van der Waals surface area contributed by atoms with Crippen molar-refractivity contribution in [1.82, 2.24) is 4.31 Å². The van der Waals surface area contributed by atoms with E-state index in [-0.39, 0.29) is 21.2 Å². The number of sulfonamides is 1. The summed E-state index contributed by atoms with van der Waals surface area (Å²) >= 11 is 0.981. The highest BCUT2D eigenvalue weighted by Gasteiger charge is 2.34. The minimum atomic E-state index is -3.68. The van der Waals surface area contributed by atoms with Crippen LogP contribution < -0.4 is 0 Å². The summed E-state index contributed by atoms with van der Waals surface area (Å²) in [5.41, 5.74) is -0.207. The summed E-state index contributed by atoms with van der Waals surface area (Å²) in [4.78, 5) is 11.6. The van der Waals surface area contributed by atoms with Crippen molar-refractivity contribution >= 4 is 27.3 Å². The van der Waals surface area contributed by atoms with Gasteiger partial charge < -0.3 is 5.11 Å². The molecule has 0 spiro atoms. The molecular weight excluding hydrogens is 298 g/mol. The SMILES string of the molecule is Cc1sc(C(=O)O)cc1S(=O)(=O)N(C)C(C)C(C)(C)C. The van der Waals surface area contributed by atoms with E-state index in [1.807, 2.05) is 27.7 Å². The van der Waals surface area contributed by atoms with E-state index in [4.69, 9.17) is 5.11 Å². The molecule has 1 aromatic heterocycles. The highest BCUT2D eigenvalue weighted by atomic mass is 32.2. The third kappa shape index (κ3) is 3.21. The summed E-state index contributed by atoms with van der Waals surface area (Å²) in [7, 11) is -2.15. The van der Waals surface area contributed by atoms with Crippen LogP contribution in [0.1, 0.15) is 42.2 Å². The van der Waals surface area contributed by atoms with Crippen LogP contribution in [0.5, 0.6) is 0 Å². The summed E-state index contributed by atoms with van der Waals surface area (Å²) in [6.45, 7) is 9.36. The lowest BCUT2D eigenvalue weighted by Gasteiger charge is -2.34. The summed E-state index contributed by atoms with van der Waals surface area (Å²) in [6, 6.07) is 1.03. The number of nitrogens with zero attached hydrogens (tertiary/aromatic N) is 1. The highest BCUT2D eigenvalue weighted by Crippen LogP contribution is 2.32. The predicted molar refractivity (Wildman–Crippen MR) is 79.9 cm³/mol. The van der Waals surface area contributed by atoms with Crippen LogP contribution in [0.3, 0.4) is 0 Å². The molecule has 1 unspecified atom stereocenters. The number of carboxylic acids is 1. The van der Waals surface area contributed by atoms with E-state index in [0.29, 0.717) is 4.88 Å². The second-order valence-electron chi connectivity index (χ2n) is 5.90. The molecule has 0 bridgehead atoms. The summed E-state index contributed by atoms with van der Waals surface area (Å²) in [5, 5.41) is 8.97. The van der Waals surface area contributed by atoms with Crippen molar-refractivity contribution in [2.75, 3.05) is 7.05 Å². The molecule has 0 saturated heterocycles. The zero-order valence-electron chi connectivity index (χ0n) is 12.6. The van der Waals surface area contributed by atoms with Gasteiger partial charge in [-0.1, -0.05) is 20.8 Å². The molecule has 1 atom stereocenters. The van der Waals surface area contributed by atoms with E-state index in [1.54, 1.807) is 6.92 Å². The minimum Gasteiger partial charge on any atom is -0.477 e. The van der Waals surface area contributed by atoms with Gasteiger partial charge in [0, 0.05) is 18.0 Å². The Morgan fingerprint density at radius 3 is 2.25 bits per heavy atom. The zero-order valence-corrected chi connectivity index (χ0v) is 14.2. The predicted octanol–water partition coefficient (Wildman–Crippen LogP) is 2.81. The number of rotatable bonds is 4. The third-order valence-electron chi connectivity index (χ3n) is 3.54. The molecule has 0 aliphatic carbocycles. The average molecular weight is 319 g/mol. The van der Waals surface area contributed by atoms with Gasteiger partial charge in [-0.25, -0.2) is 13.2 Å². The number of thiophene rings is 1. The normalized spacial score (nSPS) is 14.6. The van der Waals surface area contributed by atoms with Crippen LogP contribution in [0.15, 0.2) is 11.0 Å². The maximum absolute atomic E-state index is 12.6. The summed E-state index contributed by atoms with van der Waals surface area (Å²) in [5.74, 6) is -1.11. The number of aryl methyl sites for hydroxylation is 1. The van der Waals surface area contributed by atoms with Crippen LogP contribution in [-0.4, -0.2) is 36.9 Å². The van der Waals surface area contributed by atoms with Crippen LogP contribution >= 0.6 is 11.3 Å². The minimum absolute atomic E-state index is 0.0397. The van der Waals surface area contributed by atoms with Crippen molar-refractivity contribution in [1.29, 1.82) is 0 Å². The molecular formula is C13H21NO4S2. The first-order valence-electron chi connectivity index (χ1n) is 6.20. The van der Waals surface area contributed by atoms with Crippen LogP contribution in [0.2, 0.25) is 0 Å². The number of carboxylic acid groups (broad SMARTS) is 1. The quantitative estimate of drug-likeness (QED) is 0.926. The molecule has 5 nitrogen and oxygen atoms in total. The maximum atomic E-state index is 12.6. The second-order valence-corrected chi connectivity index (χ2v) is 9.12. The van der Waals surface area contributed by atoms with Gasteiger partial charge in [0.1, 0.15) is 4.88 Å². The molecule has 0 aromatic carbocycles. The fraction of sp³-hybridized carbons (Fsp3) is 0.615. The molecule has 1 aromatic rings. The van der Waals surface area contributed by atoms with Crippen molar-refractivity contribution in [2.24, 2.45) is 5.41 Å². The number of carbonyl (C=O) groups is 1. The van der Waals surface area contributed by atoms with Crippen LogP contribution in [-0.2, 0) is 10.0 Å². The Morgan fingerprint density at radius 2 is 1.90 bits per heavy atom. The van der Waals surface area contributed by atoms with Gasteiger partial charge in [0.25, 0.3) is 0 Å². The topological polar surface area (TPSA) is 74.7 Å². The number of hydrogen-bond acceptors (Lipinski definition) is 4. The Labute approximate surface area is 124 Å². The Morgan fingerprint density at radius 1 is 1.40 bits per heavy atom. The number of hydrogen-bond donors (Lipinski definition) is 1. The van der Waals surface area contributed by atoms with Gasteiger partial charge in [0.2, 0.25) is 10.0 Å². The largest absolute Gasteiger partial charge is 0.477 e. The molecule has 7 heteroatoms. The van der Waals surface area contributed by atoms with E-state index in [0.717, 1.165) is 11.3 Å². The van der Waals surface area contributed by atoms with Gasteiger partial charge in [-0.15, -0.1) is 11.3 Å². The molecule has 0 amide bonds. The molecule has 20 heavy (non-hydrogen) atoms. The van der Waals surface area contributed by atoms with Crippen molar-refractivity contribution in [3.63, 3.8) is 0 Å². The lowest BCUT2D eigenvalue weighted by Crippen LogP contribution is -2.42. The van der Waals surface area contributed by atoms with Crippen molar-refractivity contribution in [3.8, 4) is 0 Å². The van der Waals surface area contributed by atoms with Gasteiger partial charge in [-0.05, 0) is 25.3 Å². The Balaban J connectivity index is 3.27. The van der Waals surface area contributed by atoms with Crippen molar-refractivity contribution in [3.05, 3.63) is 15.8 Å². The fourth-order valence-corrected chi connectivity index (χ4v) is 4.68. The highest BCUT2D eigenvalue weighted by molar-refractivity contribution is 7.89. The van der Waals surface area contributed by atoms with Crippen molar-refractivity contribution < 1.29 is 18.3 Å². The standard InChI is InChI=1S/C13H21NO4S2/c1-8-11(7-10(19-8)12(15)16)20(17,18)14(6)9(2)13(3,4)5/h7,9H,1-6H3,(H,15,16). The molecule has 114 valence electrons. The van der Waals surface area contributed by atoms with Gasteiger partial charge in [-0.3, -0.25) is 0 Å². The maximum Gasteiger partial charge on any atom is 0.345 e. The lowest BCUT2D eigenvalue weighted by atomic mass is 9.88. The molecule has 0 saturated carbocycles. The number of aromatic carboxylic acids is 1. The molecule has 0 fully saturated rings. The monoisotopic (exact) mass is 319 g/mol. The van der Waals surface area contributed by atoms with E-state index >= 15 is 0 Å². The van der Waals surface area contributed by atoms with Crippen LogP contribution in [0.4, 0.5) is 0 Å². The molecule has 1 N–H and O–H groups in total. The van der Waals surface area contributed by atoms with Crippen LogP contribution in [0, 0.1) is 12.3 Å². The van der Waals surface area contributed by atoms with Gasteiger partial charge in [0.15, 0.2) is 0 Å². The molecule has 1 heterocycles. The molecule has 0 aliphatic rings. The molecule has 0 radical (unpaired) electrons. The average Bonchev–Trinajstić information content (AvgIpc) is 2.68. The summed E-state index contributed by atoms with van der Waals surface area (Å²) in [6.07, 6.45) is 0. The Bertz CT molecular complexity index is 611. The first-order chi connectivity index (χ1) is 8.89. The first kappa shape index (κ1) is 17.1. The first-order valence-corrected chi connectivity index (χ1v) is 8.46. The van der Waals surface area contributed by atoms with Gasteiger partial charge in [-0.2, -0.15) is 4.31 Å². The van der Waals surface area contributed by atoms with Gasteiger partial charge in [0.05, 0.1) is 4.90 Å². The third-order valence-corrected chi connectivity index (χ3v) is 6.76. The van der Waals surface area contributed by atoms with E-state index in [1.165, 1.54) is 17.4 Å². The second kappa shape index (κ2) is 5.46. The molecule has 1 rings (SSSR count). The van der Waals surface area contributed by atoms with Crippen molar-refractivity contribution in [2.45, 2.75) is 45.6 Å². The van der Waals surface area contributed by atoms with E-state index < -0.39 is 16.0 Å². The smallest absolute Gasteiger partial charge is 0.345 e. The Hall–Kier alpha value is -0.920. The van der Waals surface area contributed by atoms with Gasteiger partial charge >= 0.3 is 5.97 Å². The molecule has 0 aliphatic heterocycles. The van der Waals surface area contributed by atoms with Crippen LogP contribution in [0.25, 0.3) is 0 Å².